The standard InChI is InChI=1S/C16H13ClN6O5S/c17-14-21-15(19-8-5-6-10(18)12(7-8)29(26,27)28)23-16(22-14)20-11-4-2-1-3-9(11)13(24)25/h1-7H,18H2,(H,24,25)(H,26,27,28)(H2,19,20,21,22,23). The summed E-state index contributed by atoms with van der Waals surface area (Å²) in [7, 11) is -4.53. The highest BCUT2D eigenvalue weighted by molar-refractivity contribution is 7.86. The molecule has 29 heavy (non-hydrogen) atoms. The fraction of sp³-hybridized carbons (Fsp3) is 0. The molecule has 150 valence electrons. The number of carboxylic acids is 1. The smallest absolute Gasteiger partial charge is 0.337 e. The number of hydrogen-bond acceptors (Lipinski definition) is 9. The van der Waals surface area contributed by atoms with E-state index in [1.54, 1.807) is 12.1 Å². The number of benzene rings is 2. The van der Waals surface area contributed by atoms with Gasteiger partial charge in [-0.25, -0.2) is 4.79 Å². The molecular weight excluding hydrogens is 424 g/mol. The Balaban J connectivity index is 1.92. The highest BCUT2D eigenvalue weighted by Gasteiger charge is 2.16. The molecule has 0 atom stereocenters. The summed E-state index contributed by atoms with van der Waals surface area (Å²) in [6, 6.07) is 9.92. The third kappa shape index (κ3) is 4.87. The summed E-state index contributed by atoms with van der Waals surface area (Å²) in [5, 5.41) is 14.5. The van der Waals surface area contributed by atoms with Gasteiger partial charge in [0.15, 0.2) is 0 Å². The zero-order valence-corrected chi connectivity index (χ0v) is 15.9. The van der Waals surface area contributed by atoms with E-state index >= 15 is 0 Å². The molecule has 0 saturated carbocycles. The van der Waals surface area contributed by atoms with Gasteiger partial charge < -0.3 is 21.5 Å². The van der Waals surface area contributed by atoms with E-state index in [4.69, 9.17) is 17.3 Å². The summed E-state index contributed by atoms with van der Waals surface area (Å²) in [6.45, 7) is 0. The molecule has 11 nitrogen and oxygen atoms in total. The maximum atomic E-state index is 11.4. The molecule has 0 bridgehead atoms. The average molecular weight is 437 g/mol. The quantitative estimate of drug-likeness (QED) is 0.283. The molecule has 0 aliphatic heterocycles. The number of halogens is 1. The van der Waals surface area contributed by atoms with Crippen LogP contribution < -0.4 is 16.4 Å². The number of nitrogens with zero attached hydrogens (tertiary/aromatic N) is 3. The minimum atomic E-state index is -4.53. The van der Waals surface area contributed by atoms with Gasteiger partial charge in [0.1, 0.15) is 4.90 Å². The van der Waals surface area contributed by atoms with Crippen LogP contribution in [0.5, 0.6) is 0 Å². The number of aromatic carboxylic acids is 1. The highest BCUT2D eigenvalue weighted by atomic mass is 35.5. The molecule has 0 saturated heterocycles. The van der Waals surface area contributed by atoms with E-state index in [2.05, 4.69) is 25.6 Å². The Morgan fingerprint density at radius 1 is 1.03 bits per heavy atom. The van der Waals surface area contributed by atoms with E-state index in [0.29, 0.717) is 0 Å². The van der Waals surface area contributed by atoms with Gasteiger partial charge in [0.05, 0.1) is 16.9 Å². The number of nitrogen functional groups attached to an aromatic ring is 1. The molecule has 0 amide bonds. The van der Waals surface area contributed by atoms with E-state index in [1.165, 1.54) is 24.3 Å². The Morgan fingerprint density at radius 3 is 2.34 bits per heavy atom. The number of anilines is 5. The minimum absolute atomic E-state index is 0.00475. The molecule has 1 aromatic heterocycles. The first-order valence-electron chi connectivity index (χ1n) is 7.78. The second kappa shape index (κ2) is 7.87. The van der Waals surface area contributed by atoms with Crippen molar-refractivity contribution >= 4 is 56.6 Å². The number of carbonyl (C=O) groups is 1. The first kappa shape index (κ1) is 20.3. The number of carboxylic acid groups (broad SMARTS) is 1. The van der Waals surface area contributed by atoms with Crippen LogP contribution in [0, 0.1) is 0 Å². The molecule has 0 fully saturated rings. The lowest BCUT2D eigenvalue weighted by molar-refractivity contribution is 0.0698. The zero-order chi connectivity index (χ0) is 21.2. The Bertz CT molecular complexity index is 1200. The second-order valence-electron chi connectivity index (χ2n) is 5.58. The van der Waals surface area contributed by atoms with Crippen LogP contribution in [-0.4, -0.2) is 39.0 Å². The molecule has 3 rings (SSSR count). The molecule has 1 heterocycles. The van der Waals surface area contributed by atoms with Gasteiger partial charge in [0, 0.05) is 5.69 Å². The Kier molecular flexibility index (Phi) is 5.50. The zero-order valence-electron chi connectivity index (χ0n) is 14.4. The van der Waals surface area contributed by atoms with Crippen molar-refractivity contribution in [3.8, 4) is 0 Å². The fourth-order valence-electron chi connectivity index (χ4n) is 2.33. The van der Waals surface area contributed by atoms with Gasteiger partial charge in [0.2, 0.25) is 17.2 Å². The van der Waals surface area contributed by atoms with Gasteiger partial charge in [-0.3, -0.25) is 4.55 Å². The lowest BCUT2D eigenvalue weighted by Crippen LogP contribution is -2.08. The van der Waals surface area contributed by atoms with E-state index in [0.717, 1.165) is 6.07 Å². The fourth-order valence-corrected chi connectivity index (χ4v) is 3.13. The van der Waals surface area contributed by atoms with Crippen LogP contribution in [0.1, 0.15) is 10.4 Å². The van der Waals surface area contributed by atoms with E-state index in [1.807, 2.05) is 0 Å². The lowest BCUT2D eigenvalue weighted by atomic mass is 10.2. The predicted molar refractivity (Wildman–Crippen MR) is 105 cm³/mol. The molecule has 6 N–H and O–H groups in total. The van der Waals surface area contributed by atoms with Crippen LogP contribution in [0.3, 0.4) is 0 Å². The van der Waals surface area contributed by atoms with Crippen LogP contribution in [0.25, 0.3) is 0 Å². The topological polar surface area (TPSA) is 180 Å². The minimum Gasteiger partial charge on any atom is -0.478 e. The number of aromatic nitrogens is 3. The number of para-hydroxylation sites is 1. The maximum absolute atomic E-state index is 11.4. The maximum Gasteiger partial charge on any atom is 0.337 e. The van der Waals surface area contributed by atoms with E-state index in [-0.39, 0.29) is 39.8 Å². The third-order valence-corrected chi connectivity index (χ3v) is 4.64. The van der Waals surface area contributed by atoms with Gasteiger partial charge in [-0.15, -0.1) is 0 Å². The molecule has 3 aromatic rings. The van der Waals surface area contributed by atoms with Crippen molar-refractivity contribution in [2.75, 3.05) is 16.4 Å². The number of rotatable bonds is 6. The van der Waals surface area contributed by atoms with Crippen LogP contribution in [0.2, 0.25) is 5.28 Å². The van der Waals surface area contributed by atoms with Gasteiger partial charge in [-0.05, 0) is 41.9 Å². The number of hydrogen-bond donors (Lipinski definition) is 5. The van der Waals surface area contributed by atoms with Crippen molar-refractivity contribution in [2.24, 2.45) is 0 Å². The first-order chi connectivity index (χ1) is 13.6. The monoisotopic (exact) mass is 436 g/mol. The van der Waals surface area contributed by atoms with Crippen LogP contribution in [0.4, 0.5) is 29.0 Å². The van der Waals surface area contributed by atoms with Crippen molar-refractivity contribution < 1.29 is 22.9 Å². The molecule has 0 unspecified atom stereocenters. The number of nitrogens with two attached hydrogens (primary N) is 1. The van der Waals surface area contributed by atoms with Crippen LogP contribution >= 0.6 is 11.6 Å². The molecule has 0 aliphatic carbocycles. The summed E-state index contributed by atoms with van der Waals surface area (Å²) < 4.78 is 32.0. The van der Waals surface area contributed by atoms with Crippen molar-refractivity contribution in [3.05, 3.63) is 53.3 Å². The average Bonchev–Trinajstić information content (AvgIpc) is 2.62. The molecule has 0 spiro atoms. The van der Waals surface area contributed by atoms with Crippen LogP contribution in [0.15, 0.2) is 47.4 Å². The normalized spacial score (nSPS) is 11.1. The second-order valence-corrected chi connectivity index (χ2v) is 7.31. The third-order valence-electron chi connectivity index (χ3n) is 3.56. The molecule has 13 heteroatoms. The first-order valence-corrected chi connectivity index (χ1v) is 9.60. The largest absolute Gasteiger partial charge is 0.478 e. The van der Waals surface area contributed by atoms with Gasteiger partial charge >= 0.3 is 5.97 Å². The van der Waals surface area contributed by atoms with Gasteiger partial charge in [0.25, 0.3) is 10.1 Å². The van der Waals surface area contributed by atoms with Crippen molar-refractivity contribution in [1.29, 1.82) is 0 Å². The Morgan fingerprint density at radius 2 is 1.69 bits per heavy atom. The molecule has 2 aromatic carbocycles. The van der Waals surface area contributed by atoms with Crippen LogP contribution in [-0.2, 0) is 10.1 Å². The number of nitrogens with one attached hydrogen (secondary N) is 2. The highest BCUT2D eigenvalue weighted by Crippen LogP contribution is 2.25. The molecule has 0 radical (unpaired) electrons. The van der Waals surface area contributed by atoms with Crippen molar-refractivity contribution in [1.82, 2.24) is 15.0 Å². The predicted octanol–water partition coefficient (Wildman–Crippen LogP) is 2.54. The summed E-state index contributed by atoms with van der Waals surface area (Å²) >= 11 is 5.90. The SMILES string of the molecule is Nc1ccc(Nc2nc(Cl)nc(Nc3ccccc3C(=O)O)n2)cc1S(=O)(=O)O. The van der Waals surface area contributed by atoms with E-state index in [9.17, 15) is 22.9 Å². The summed E-state index contributed by atoms with van der Waals surface area (Å²) in [5.41, 5.74) is 5.84. The van der Waals surface area contributed by atoms with Crippen molar-refractivity contribution in [2.45, 2.75) is 4.90 Å². The summed E-state index contributed by atoms with van der Waals surface area (Å²) in [6.07, 6.45) is 0. The molecular formula is C16H13ClN6O5S. The van der Waals surface area contributed by atoms with Crippen molar-refractivity contribution in [3.63, 3.8) is 0 Å². The summed E-state index contributed by atoms with van der Waals surface area (Å²) in [5.74, 6) is -1.26. The Labute approximate surface area is 169 Å². The molecule has 0 aliphatic rings. The van der Waals surface area contributed by atoms with Gasteiger partial charge in [-0.2, -0.15) is 23.4 Å². The summed E-state index contributed by atoms with van der Waals surface area (Å²) in [4.78, 5) is 22.7. The van der Waals surface area contributed by atoms with E-state index < -0.39 is 21.0 Å². The Hall–Kier alpha value is -3.48. The van der Waals surface area contributed by atoms with Gasteiger partial charge in [-0.1, -0.05) is 12.1 Å². The lowest BCUT2D eigenvalue weighted by Gasteiger charge is -2.11.